The molecule has 0 radical (unpaired) electrons. The van der Waals surface area contributed by atoms with Gasteiger partial charge in [-0.2, -0.15) is 5.10 Å². The Balaban J connectivity index is 1.93. The molecule has 0 aliphatic carbocycles. The van der Waals surface area contributed by atoms with Crippen molar-refractivity contribution in [1.82, 2.24) is 20.0 Å². The lowest BCUT2D eigenvalue weighted by Crippen LogP contribution is -2.32. The van der Waals surface area contributed by atoms with Gasteiger partial charge >= 0.3 is 0 Å². The molecule has 4 aromatic rings. The summed E-state index contributed by atoms with van der Waals surface area (Å²) in [5, 5.41) is 11.1. The minimum atomic E-state index is -0.215. The lowest BCUT2D eigenvalue weighted by Gasteiger charge is -2.02. The summed E-state index contributed by atoms with van der Waals surface area (Å²) in [5.41, 5.74) is 3.23. The Bertz CT molecular complexity index is 1200. The Morgan fingerprint density at radius 1 is 1.07 bits per heavy atom. The van der Waals surface area contributed by atoms with E-state index in [1.807, 2.05) is 60.8 Å². The molecule has 2 aromatic heterocycles. The van der Waals surface area contributed by atoms with Gasteiger partial charge in [0.15, 0.2) is 0 Å². The molecule has 0 amide bonds. The van der Waals surface area contributed by atoms with E-state index in [0.29, 0.717) is 10.6 Å². The second kappa shape index (κ2) is 6.84. The number of aromatic nitrogens is 4. The van der Waals surface area contributed by atoms with Gasteiger partial charge in [0, 0.05) is 17.3 Å². The van der Waals surface area contributed by atoms with Gasteiger partial charge in [-0.1, -0.05) is 24.8 Å². The normalized spacial score (nSPS) is 11.7. The van der Waals surface area contributed by atoms with Crippen molar-refractivity contribution in [2.45, 2.75) is 0 Å². The third-order valence-corrected chi connectivity index (χ3v) is 4.32. The van der Waals surface area contributed by atoms with E-state index in [2.05, 4.69) is 16.8 Å². The van der Waals surface area contributed by atoms with E-state index in [4.69, 9.17) is 9.84 Å². The summed E-state index contributed by atoms with van der Waals surface area (Å²) in [7, 11) is 1.63. The molecule has 0 atom stereocenters. The predicted octanol–water partition coefficient (Wildman–Crippen LogP) is 1.80. The summed E-state index contributed by atoms with van der Waals surface area (Å²) < 4.78 is 7.04. The Labute approximate surface area is 155 Å². The lowest BCUT2D eigenvalue weighted by molar-refractivity contribution is 0.415. The summed E-state index contributed by atoms with van der Waals surface area (Å²) in [4.78, 5) is 12.1. The summed E-state index contributed by atoms with van der Waals surface area (Å²) in [6.45, 7) is 3.87. The van der Waals surface area contributed by atoms with Crippen molar-refractivity contribution in [1.29, 1.82) is 0 Å². The molecule has 0 saturated carbocycles. The van der Waals surface area contributed by atoms with Crippen molar-refractivity contribution in [2.24, 2.45) is 0 Å². The Morgan fingerprint density at radius 2 is 1.81 bits per heavy atom. The largest absolute Gasteiger partial charge is 0.497 e. The van der Waals surface area contributed by atoms with Crippen LogP contribution in [0.15, 0.2) is 65.6 Å². The number of methoxy groups -OCH3 is 1. The zero-order valence-corrected chi connectivity index (χ0v) is 14.8. The molecule has 6 nitrogen and oxygen atoms in total. The second-order valence-corrected chi connectivity index (χ2v) is 6.06. The number of hydrogen-bond acceptors (Lipinski definition) is 3. The molecule has 0 aliphatic heterocycles. The minimum Gasteiger partial charge on any atom is -0.497 e. The number of nitrogens with one attached hydrogen (secondary N) is 2. The molecule has 2 N–H and O–H groups in total. The van der Waals surface area contributed by atoms with Gasteiger partial charge in [0.2, 0.25) is 0 Å². The first-order valence-electron chi connectivity index (χ1n) is 8.42. The molecule has 0 unspecified atom stereocenters. The average Bonchev–Trinajstić information content (AvgIpc) is 3.28. The summed E-state index contributed by atoms with van der Waals surface area (Å²) in [5.74, 6) is 0.772. The van der Waals surface area contributed by atoms with Gasteiger partial charge in [-0.15, -0.1) is 0 Å². The Kier molecular flexibility index (Phi) is 4.22. The van der Waals surface area contributed by atoms with Crippen molar-refractivity contribution >= 4 is 12.7 Å². The van der Waals surface area contributed by atoms with Crippen LogP contribution in [0.2, 0.25) is 0 Å². The lowest BCUT2D eigenvalue weighted by atomic mass is 10.1. The van der Waals surface area contributed by atoms with E-state index in [1.165, 1.54) is 0 Å². The van der Waals surface area contributed by atoms with Crippen molar-refractivity contribution < 1.29 is 4.74 Å². The number of ether oxygens (including phenoxy) is 1. The fraction of sp³-hybridized carbons (Fsp3) is 0.0476. The number of hydrogen-bond donors (Lipinski definition) is 2. The third-order valence-electron chi connectivity index (χ3n) is 4.32. The van der Waals surface area contributed by atoms with Gasteiger partial charge in [0.25, 0.3) is 5.56 Å². The number of aromatic amines is 2. The molecule has 134 valence electrons. The van der Waals surface area contributed by atoms with E-state index in [9.17, 15) is 4.79 Å². The van der Waals surface area contributed by atoms with Crippen LogP contribution in [0.1, 0.15) is 5.56 Å². The second-order valence-electron chi connectivity index (χ2n) is 6.06. The first-order valence-corrected chi connectivity index (χ1v) is 8.42. The Morgan fingerprint density at radius 3 is 2.44 bits per heavy atom. The number of rotatable bonds is 4. The molecular formula is C21H18N4O2. The maximum Gasteiger partial charge on any atom is 0.271 e. The predicted molar refractivity (Wildman–Crippen MR) is 105 cm³/mol. The van der Waals surface area contributed by atoms with Crippen LogP contribution < -0.4 is 20.9 Å². The molecule has 0 fully saturated rings. The maximum absolute atomic E-state index is 12.1. The van der Waals surface area contributed by atoms with Crippen molar-refractivity contribution in [3.05, 3.63) is 87.3 Å². The summed E-state index contributed by atoms with van der Waals surface area (Å²) >= 11 is 0. The van der Waals surface area contributed by atoms with E-state index < -0.39 is 0 Å². The molecule has 0 spiro atoms. The van der Waals surface area contributed by atoms with Gasteiger partial charge < -0.3 is 4.74 Å². The highest BCUT2D eigenvalue weighted by atomic mass is 16.5. The quantitative estimate of drug-likeness (QED) is 0.584. The highest BCUT2D eigenvalue weighted by molar-refractivity contribution is 5.72. The molecule has 4 rings (SSSR count). The molecule has 0 aliphatic rings. The number of nitrogens with zero attached hydrogens (tertiary/aromatic N) is 2. The standard InChI is InChI=1S/C21H18N4O2/c1-14-19(21(26)23-22-14)12-16-13-25(17-6-4-3-5-7-17)24-20(16)15-8-10-18(27-2)11-9-15/h3-13,22H,1H2,2H3,(H,23,26)/b19-12+. The van der Waals surface area contributed by atoms with Crippen molar-refractivity contribution in [3.8, 4) is 22.7 Å². The van der Waals surface area contributed by atoms with Crippen molar-refractivity contribution in [2.75, 3.05) is 7.11 Å². The van der Waals surface area contributed by atoms with E-state index in [0.717, 1.165) is 28.3 Å². The van der Waals surface area contributed by atoms with Crippen LogP contribution in [-0.4, -0.2) is 27.1 Å². The molecule has 6 heteroatoms. The Hall–Kier alpha value is -3.80. The topological polar surface area (TPSA) is 75.7 Å². The van der Waals surface area contributed by atoms with E-state index in [-0.39, 0.29) is 5.56 Å². The fourth-order valence-electron chi connectivity index (χ4n) is 2.89. The molecule has 2 heterocycles. The average molecular weight is 358 g/mol. The van der Waals surface area contributed by atoms with Crippen LogP contribution in [0.25, 0.3) is 29.6 Å². The summed E-state index contributed by atoms with van der Waals surface area (Å²) in [6, 6.07) is 17.5. The van der Waals surface area contributed by atoms with Gasteiger partial charge in [-0.05, 0) is 42.5 Å². The van der Waals surface area contributed by atoms with Gasteiger partial charge in [-0.25, -0.2) is 4.68 Å². The highest BCUT2D eigenvalue weighted by Gasteiger charge is 2.11. The minimum absolute atomic E-state index is 0.215. The smallest absolute Gasteiger partial charge is 0.271 e. The van der Waals surface area contributed by atoms with E-state index >= 15 is 0 Å². The fourth-order valence-corrected chi connectivity index (χ4v) is 2.89. The molecule has 27 heavy (non-hydrogen) atoms. The first kappa shape index (κ1) is 16.7. The highest BCUT2D eigenvalue weighted by Crippen LogP contribution is 2.26. The monoisotopic (exact) mass is 358 g/mol. The third kappa shape index (κ3) is 3.20. The zero-order valence-electron chi connectivity index (χ0n) is 14.8. The molecule has 0 bridgehead atoms. The number of para-hydroxylation sites is 1. The van der Waals surface area contributed by atoms with Gasteiger partial charge in [0.05, 0.1) is 29.1 Å². The van der Waals surface area contributed by atoms with Gasteiger partial charge in [0.1, 0.15) is 5.75 Å². The maximum atomic E-state index is 12.1. The number of H-pyrrole nitrogens is 2. The molecular weight excluding hydrogens is 340 g/mol. The van der Waals surface area contributed by atoms with Crippen LogP contribution in [0.5, 0.6) is 5.75 Å². The van der Waals surface area contributed by atoms with Gasteiger partial charge in [-0.3, -0.25) is 15.0 Å². The van der Waals surface area contributed by atoms with Crippen LogP contribution in [0.3, 0.4) is 0 Å². The van der Waals surface area contributed by atoms with Crippen LogP contribution in [0.4, 0.5) is 0 Å². The van der Waals surface area contributed by atoms with Crippen LogP contribution in [0, 0.1) is 0 Å². The first-order chi connectivity index (χ1) is 13.2. The SMILES string of the molecule is C=c1[nH][nH]c(=O)/c1=C/c1cn(-c2ccccc2)nc1-c1ccc(OC)cc1. The molecule has 0 saturated heterocycles. The van der Waals surface area contributed by atoms with Crippen LogP contribution >= 0.6 is 0 Å². The van der Waals surface area contributed by atoms with Crippen LogP contribution in [-0.2, 0) is 0 Å². The zero-order chi connectivity index (χ0) is 18.8. The van der Waals surface area contributed by atoms with Crippen molar-refractivity contribution in [3.63, 3.8) is 0 Å². The number of benzene rings is 2. The molecule has 2 aromatic carbocycles. The summed E-state index contributed by atoms with van der Waals surface area (Å²) in [6.07, 6.45) is 3.70. The van der Waals surface area contributed by atoms with E-state index in [1.54, 1.807) is 17.9 Å².